The molecule has 1 aromatic carbocycles. The Morgan fingerprint density at radius 1 is 1.31 bits per heavy atom. The standard InChI is InChI=1S/C18H26N4O3S/c1-22(2)9-8-19-17(25)12-10-13(23)15(24)14-16(12)26-18(21-14)20-11-6-4-3-5-7-11/h3-7,12-16,23-24H,8-10H2,1-2H3,(H,19,25)(H,20,21)/p+1/t12-,13+,14-,15-,16+/m0/s1. The van der Waals surface area contributed by atoms with E-state index in [4.69, 9.17) is 0 Å². The summed E-state index contributed by atoms with van der Waals surface area (Å²) in [4.78, 5) is 18.5. The van der Waals surface area contributed by atoms with Gasteiger partial charge in [0.15, 0.2) is 5.17 Å². The molecule has 1 aromatic rings. The molecule has 1 aliphatic carbocycles. The van der Waals surface area contributed by atoms with Crippen LogP contribution in [0.15, 0.2) is 35.3 Å². The number of anilines is 1. The monoisotopic (exact) mass is 379 g/mol. The van der Waals surface area contributed by atoms with E-state index in [1.165, 1.54) is 16.7 Å². The van der Waals surface area contributed by atoms with Crippen molar-refractivity contribution in [1.82, 2.24) is 5.32 Å². The highest BCUT2D eigenvalue weighted by Gasteiger charge is 2.50. The van der Waals surface area contributed by atoms with Crippen LogP contribution >= 0.6 is 11.8 Å². The summed E-state index contributed by atoms with van der Waals surface area (Å²) in [5.74, 6) is -0.449. The number of carbonyl (C=O) groups is 1. The minimum Gasteiger partial charge on any atom is -0.390 e. The smallest absolute Gasteiger partial charge is 0.224 e. The van der Waals surface area contributed by atoms with E-state index in [9.17, 15) is 15.0 Å². The lowest BCUT2D eigenvalue weighted by molar-refractivity contribution is -0.856. The number of nitrogens with zero attached hydrogens (tertiary/aromatic N) is 1. The van der Waals surface area contributed by atoms with E-state index in [1.54, 1.807) is 0 Å². The van der Waals surface area contributed by atoms with Crippen molar-refractivity contribution in [3.05, 3.63) is 30.3 Å². The molecule has 7 nitrogen and oxygen atoms in total. The summed E-state index contributed by atoms with van der Waals surface area (Å²) < 4.78 is 0. The first-order valence-corrected chi connectivity index (χ1v) is 9.83. The van der Waals surface area contributed by atoms with Gasteiger partial charge in [-0.05, 0) is 18.6 Å². The third-order valence-electron chi connectivity index (χ3n) is 4.77. The zero-order valence-electron chi connectivity index (χ0n) is 15.1. The zero-order valence-corrected chi connectivity index (χ0v) is 15.9. The second-order valence-corrected chi connectivity index (χ2v) is 8.31. The van der Waals surface area contributed by atoms with Gasteiger partial charge in [-0.1, -0.05) is 30.0 Å². The average molecular weight is 380 g/mol. The van der Waals surface area contributed by atoms with Gasteiger partial charge in [0.25, 0.3) is 0 Å². The van der Waals surface area contributed by atoms with Crippen LogP contribution in [-0.2, 0) is 4.79 Å². The first-order chi connectivity index (χ1) is 12.5. The summed E-state index contributed by atoms with van der Waals surface area (Å²) in [5, 5.41) is 27.2. The maximum absolute atomic E-state index is 12.6. The molecule has 0 radical (unpaired) electrons. The second kappa shape index (κ2) is 8.39. The molecule has 1 fully saturated rings. The van der Waals surface area contributed by atoms with Crippen molar-refractivity contribution in [1.29, 1.82) is 0 Å². The van der Waals surface area contributed by atoms with Crippen LogP contribution in [0, 0.1) is 5.92 Å². The summed E-state index contributed by atoms with van der Waals surface area (Å²) in [6.07, 6.45) is -1.63. The molecule has 3 rings (SSSR count). The van der Waals surface area contributed by atoms with E-state index in [2.05, 4.69) is 15.6 Å². The fraction of sp³-hybridized carbons (Fsp3) is 0.556. The molecule has 1 amide bonds. The largest absolute Gasteiger partial charge is 0.390 e. The zero-order chi connectivity index (χ0) is 18.7. The first-order valence-electron chi connectivity index (χ1n) is 8.95. The van der Waals surface area contributed by atoms with Gasteiger partial charge in [0.1, 0.15) is 6.10 Å². The number of fused-ring (bicyclic) bond motifs is 1. The third-order valence-corrected chi connectivity index (χ3v) is 6.08. The predicted molar refractivity (Wildman–Crippen MR) is 103 cm³/mol. The van der Waals surface area contributed by atoms with Gasteiger partial charge in [-0.3, -0.25) is 9.79 Å². The number of hydrogen-bond acceptors (Lipinski definition) is 6. The van der Waals surface area contributed by atoms with E-state index in [0.29, 0.717) is 11.7 Å². The van der Waals surface area contributed by atoms with Crippen molar-refractivity contribution >= 4 is 28.5 Å². The molecular formula is C18H27N4O3S+. The number of hydrogen-bond donors (Lipinski definition) is 5. The molecule has 0 unspecified atom stereocenters. The lowest BCUT2D eigenvalue weighted by Crippen LogP contribution is -3.06. The van der Waals surface area contributed by atoms with Crippen molar-refractivity contribution in [3.8, 4) is 0 Å². The number of amidine groups is 1. The van der Waals surface area contributed by atoms with Crippen molar-refractivity contribution in [3.63, 3.8) is 0 Å². The number of nitrogens with one attached hydrogen (secondary N) is 3. The molecule has 26 heavy (non-hydrogen) atoms. The van der Waals surface area contributed by atoms with E-state index >= 15 is 0 Å². The van der Waals surface area contributed by atoms with Gasteiger partial charge in [0.2, 0.25) is 5.91 Å². The minimum absolute atomic E-state index is 0.0733. The molecule has 1 heterocycles. The number of quaternary nitrogens is 1. The minimum atomic E-state index is -0.946. The maximum Gasteiger partial charge on any atom is 0.224 e. The summed E-state index contributed by atoms with van der Waals surface area (Å²) >= 11 is 1.47. The third kappa shape index (κ3) is 4.37. The number of likely N-dealkylation sites (N-methyl/N-ethyl adjacent to an activating group) is 1. The van der Waals surface area contributed by atoms with Crippen LogP contribution in [0.5, 0.6) is 0 Å². The predicted octanol–water partition coefficient (Wildman–Crippen LogP) is -1.06. The number of thioether (sulfide) groups is 1. The van der Waals surface area contributed by atoms with Crippen LogP contribution in [0.4, 0.5) is 5.69 Å². The Hall–Kier alpha value is -1.61. The fourth-order valence-electron chi connectivity index (χ4n) is 3.32. The van der Waals surface area contributed by atoms with Gasteiger partial charge in [0, 0.05) is 10.9 Å². The number of aliphatic imine (C=N–C) groups is 1. The molecule has 5 N–H and O–H groups in total. The molecule has 1 saturated carbocycles. The van der Waals surface area contributed by atoms with E-state index < -0.39 is 18.2 Å². The Bertz CT molecular complexity index is 655. The van der Waals surface area contributed by atoms with Crippen LogP contribution in [0.2, 0.25) is 0 Å². The topological polar surface area (TPSA) is 98.4 Å². The van der Waals surface area contributed by atoms with E-state index in [0.717, 1.165) is 12.2 Å². The van der Waals surface area contributed by atoms with Gasteiger partial charge in [-0.25, -0.2) is 0 Å². The van der Waals surface area contributed by atoms with Gasteiger partial charge in [0.05, 0.1) is 45.2 Å². The molecule has 142 valence electrons. The summed E-state index contributed by atoms with van der Waals surface area (Å²) in [6.45, 7) is 1.43. The number of amides is 1. The Labute approximate surface area is 157 Å². The molecule has 0 bridgehead atoms. The number of benzene rings is 1. The quantitative estimate of drug-likeness (QED) is 0.449. The normalized spacial score (nSPS) is 30.7. The van der Waals surface area contributed by atoms with Crippen LogP contribution < -0.4 is 15.5 Å². The van der Waals surface area contributed by atoms with E-state index in [-0.39, 0.29) is 23.5 Å². The maximum atomic E-state index is 12.6. The number of aliphatic hydroxyl groups is 2. The molecular weight excluding hydrogens is 352 g/mol. The van der Waals surface area contributed by atoms with Gasteiger partial charge in [-0.15, -0.1) is 0 Å². The molecule has 8 heteroatoms. The number of para-hydroxylation sites is 1. The van der Waals surface area contributed by atoms with Crippen molar-refractivity contribution in [2.45, 2.75) is 29.9 Å². The lowest BCUT2D eigenvalue weighted by Gasteiger charge is -2.37. The highest BCUT2D eigenvalue weighted by atomic mass is 32.2. The van der Waals surface area contributed by atoms with Crippen LogP contribution in [0.25, 0.3) is 0 Å². The van der Waals surface area contributed by atoms with Crippen LogP contribution in [0.1, 0.15) is 6.42 Å². The second-order valence-electron chi connectivity index (χ2n) is 7.15. The Morgan fingerprint density at radius 2 is 2.04 bits per heavy atom. The Kier molecular flexibility index (Phi) is 6.18. The Morgan fingerprint density at radius 3 is 2.73 bits per heavy atom. The number of rotatable bonds is 5. The van der Waals surface area contributed by atoms with Crippen molar-refractivity contribution in [2.75, 3.05) is 32.5 Å². The molecule has 0 saturated heterocycles. The first kappa shape index (κ1) is 19.2. The van der Waals surface area contributed by atoms with E-state index in [1.807, 2.05) is 44.4 Å². The molecule has 5 atom stereocenters. The lowest BCUT2D eigenvalue weighted by atomic mass is 9.81. The van der Waals surface area contributed by atoms with Crippen LogP contribution in [-0.4, -0.2) is 72.0 Å². The van der Waals surface area contributed by atoms with Gasteiger partial charge >= 0.3 is 0 Å². The SMILES string of the molecule is C[NH+](C)CCNC(=O)[C@H]1C[C@@H](O)[C@H](O)[C@@H]2N=C(Nc3ccccc3)S[C@@H]21. The van der Waals surface area contributed by atoms with Crippen molar-refractivity contribution < 1.29 is 19.9 Å². The summed E-state index contributed by atoms with van der Waals surface area (Å²) in [7, 11) is 4.07. The van der Waals surface area contributed by atoms with Gasteiger partial charge in [-0.2, -0.15) is 0 Å². The molecule has 0 spiro atoms. The number of carbonyl (C=O) groups excluding carboxylic acids is 1. The van der Waals surface area contributed by atoms with Gasteiger partial charge < -0.3 is 25.7 Å². The average Bonchev–Trinajstić information content (AvgIpc) is 3.02. The highest BCUT2D eigenvalue weighted by molar-refractivity contribution is 8.15. The Balaban J connectivity index is 1.68. The molecule has 1 aliphatic heterocycles. The fourth-order valence-corrected chi connectivity index (χ4v) is 4.70. The summed E-state index contributed by atoms with van der Waals surface area (Å²) in [5.41, 5.74) is 0.905. The molecule has 2 aliphatic rings. The summed E-state index contributed by atoms with van der Waals surface area (Å²) in [6, 6.07) is 9.18. The van der Waals surface area contributed by atoms with Crippen molar-refractivity contribution in [2.24, 2.45) is 10.9 Å². The highest BCUT2D eigenvalue weighted by Crippen LogP contribution is 2.41. The van der Waals surface area contributed by atoms with Crippen LogP contribution in [0.3, 0.4) is 0 Å². The number of aliphatic hydroxyl groups excluding tert-OH is 2. The molecule has 0 aromatic heterocycles.